The maximum Gasteiger partial charge on any atom is 0.417 e. The van der Waals surface area contributed by atoms with E-state index in [1.165, 1.54) is 12.1 Å². The minimum absolute atomic E-state index is 0.0143. The van der Waals surface area contributed by atoms with E-state index >= 15 is 13.2 Å². The van der Waals surface area contributed by atoms with Gasteiger partial charge in [-0.15, -0.1) is 0 Å². The van der Waals surface area contributed by atoms with Crippen LogP contribution in [0.15, 0.2) is 213 Å². The monoisotopic (exact) mass is 908 g/mol. The highest BCUT2D eigenvalue weighted by Crippen LogP contribution is 2.45. The molecule has 0 aliphatic carbocycles. The van der Waals surface area contributed by atoms with Crippen molar-refractivity contribution in [2.24, 2.45) is 0 Å². The zero-order valence-electron chi connectivity index (χ0n) is 37.0. The summed E-state index contributed by atoms with van der Waals surface area (Å²) >= 11 is 0. The highest BCUT2D eigenvalue weighted by Gasteiger charge is 2.36. The number of fused-ring (bicyclic) bond motifs is 6. The Bertz CT molecular complexity index is 4100. The topological polar surface area (TPSA) is 83.2 Å². The van der Waals surface area contributed by atoms with Crippen molar-refractivity contribution < 1.29 is 13.2 Å². The van der Waals surface area contributed by atoms with Crippen LogP contribution in [-0.4, -0.2) is 19.1 Å². The summed E-state index contributed by atoms with van der Waals surface area (Å²) in [4.78, 5) is 9.66. The summed E-state index contributed by atoms with van der Waals surface area (Å²) in [5.74, 6) is 0. The van der Waals surface area contributed by atoms with Gasteiger partial charge in [-0.2, -0.15) is 23.7 Å². The minimum Gasteiger partial charge on any atom is -0.307 e. The summed E-state index contributed by atoms with van der Waals surface area (Å²) in [5.41, 5.74) is 9.85. The number of halogens is 3. The van der Waals surface area contributed by atoms with Crippen LogP contribution in [0.25, 0.3) is 111 Å². The summed E-state index contributed by atoms with van der Waals surface area (Å²) in [5, 5.41) is 25.2. The maximum absolute atomic E-state index is 15.1. The Hall–Kier alpha value is -9.57. The predicted octanol–water partition coefficient (Wildman–Crippen LogP) is 15.8. The normalized spacial score (nSPS) is 11.6. The molecule has 0 amide bonds. The van der Waals surface area contributed by atoms with E-state index in [0.29, 0.717) is 11.4 Å². The van der Waals surface area contributed by atoms with Crippen LogP contribution in [0.2, 0.25) is 0 Å². The van der Waals surface area contributed by atoms with Crippen molar-refractivity contribution in [2.45, 2.75) is 6.18 Å². The number of aromatic nitrogens is 4. The fraction of sp³-hybridized carbons (Fsp3) is 0.0164. The molecule has 6 nitrogen and oxygen atoms in total. The zero-order chi connectivity index (χ0) is 47.5. The van der Waals surface area contributed by atoms with Gasteiger partial charge in [0.2, 0.25) is 0 Å². The van der Waals surface area contributed by atoms with E-state index in [4.69, 9.17) is 9.97 Å². The van der Waals surface area contributed by atoms with Gasteiger partial charge in [0.25, 0.3) is 0 Å². The van der Waals surface area contributed by atoms with Gasteiger partial charge < -0.3 is 9.13 Å². The summed E-state index contributed by atoms with van der Waals surface area (Å²) in [6.45, 7) is 0. The number of hydrogen-bond donors (Lipinski definition) is 0. The number of nitrogens with zero attached hydrogens (tertiary/aromatic N) is 6. The molecule has 12 rings (SSSR count). The lowest BCUT2D eigenvalue weighted by atomic mass is 9.90. The van der Waals surface area contributed by atoms with Gasteiger partial charge in [-0.25, -0.2) is 0 Å². The highest BCUT2D eigenvalue weighted by molar-refractivity contribution is 6.13. The smallest absolute Gasteiger partial charge is 0.307 e. The highest BCUT2D eigenvalue weighted by atomic mass is 19.4. The van der Waals surface area contributed by atoms with Crippen LogP contribution in [0.3, 0.4) is 0 Å². The number of alkyl halides is 3. The molecule has 70 heavy (non-hydrogen) atoms. The van der Waals surface area contributed by atoms with Crippen LogP contribution in [0.5, 0.6) is 0 Å². The van der Waals surface area contributed by atoms with Crippen molar-refractivity contribution >= 4 is 43.6 Å². The molecule has 0 atom stereocenters. The Labute approximate surface area is 399 Å². The van der Waals surface area contributed by atoms with Crippen LogP contribution in [0, 0.1) is 22.7 Å². The fourth-order valence-corrected chi connectivity index (χ4v) is 9.91. The molecule has 0 fully saturated rings. The largest absolute Gasteiger partial charge is 0.417 e. The van der Waals surface area contributed by atoms with Crippen molar-refractivity contribution in [3.63, 3.8) is 0 Å². The molecule has 0 saturated heterocycles. The van der Waals surface area contributed by atoms with Gasteiger partial charge in [0, 0.05) is 67.3 Å². The number of nitriles is 2. The molecule has 4 heterocycles. The summed E-state index contributed by atoms with van der Waals surface area (Å²) in [7, 11) is 0. The Morgan fingerprint density at radius 1 is 0.386 bits per heavy atom. The van der Waals surface area contributed by atoms with E-state index < -0.39 is 11.7 Å². The SMILES string of the molecule is N#Cc1cc(-n2c3ccccc3c3ccc(-c4ccc(-c5ccccc5)nc4)cc32)c(-n2c3ccccc3c3ccc(-c4ccc(-c5ccccc5)nc4)cc32)cc1-c1c(C#N)cccc1C(F)(F)F. The first-order valence-electron chi connectivity index (χ1n) is 22.6. The van der Waals surface area contributed by atoms with E-state index in [9.17, 15) is 10.5 Å². The summed E-state index contributed by atoms with van der Waals surface area (Å²) in [6, 6.07) is 67.5. The van der Waals surface area contributed by atoms with E-state index in [0.717, 1.165) is 94.4 Å². The molecular formula is C61H35F3N6. The van der Waals surface area contributed by atoms with Crippen molar-refractivity contribution in [2.75, 3.05) is 0 Å². The lowest BCUT2D eigenvalue weighted by molar-refractivity contribution is -0.137. The predicted molar refractivity (Wildman–Crippen MR) is 272 cm³/mol. The van der Waals surface area contributed by atoms with Gasteiger partial charge in [0.15, 0.2) is 0 Å². The van der Waals surface area contributed by atoms with E-state index in [2.05, 4.69) is 51.6 Å². The molecule has 0 bridgehead atoms. The summed E-state index contributed by atoms with van der Waals surface area (Å²) < 4.78 is 49.6. The van der Waals surface area contributed by atoms with Crippen molar-refractivity contribution in [1.82, 2.24) is 19.1 Å². The second-order valence-electron chi connectivity index (χ2n) is 17.1. The number of rotatable bonds is 7. The van der Waals surface area contributed by atoms with Gasteiger partial charge >= 0.3 is 6.18 Å². The molecular weight excluding hydrogens is 874 g/mol. The lowest BCUT2D eigenvalue weighted by Crippen LogP contribution is -2.10. The Balaban J connectivity index is 1.16. The van der Waals surface area contributed by atoms with Crippen LogP contribution in [-0.2, 0) is 6.18 Å². The molecule has 0 aliphatic rings. The molecule has 0 aliphatic heterocycles. The van der Waals surface area contributed by atoms with Gasteiger partial charge in [0.1, 0.15) is 0 Å². The molecule has 0 spiro atoms. The zero-order valence-corrected chi connectivity index (χ0v) is 37.0. The van der Waals surface area contributed by atoms with Gasteiger partial charge in [0.05, 0.1) is 73.7 Å². The number of pyridine rings is 2. The van der Waals surface area contributed by atoms with Crippen molar-refractivity contribution in [1.29, 1.82) is 10.5 Å². The Morgan fingerprint density at radius 2 is 0.843 bits per heavy atom. The van der Waals surface area contributed by atoms with Crippen LogP contribution in [0.4, 0.5) is 13.2 Å². The second-order valence-corrected chi connectivity index (χ2v) is 17.1. The fourth-order valence-electron chi connectivity index (χ4n) is 9.91. The van der Waals surface area contributed by atoms with Crippen LogP contribution >= 0.6 is 0 Å². The third-order valence-corrected chi connectivity index (χ3v) is 13.2. The maximum atomic E-state index is 15.1. The van der Waals surface area contributed by atoms with Crippen LogP contribution in [0.1, 0.15) is 16.7 Å². The molecule has 0 saturated carbocycles. The quantitative estimate of drug-likeness (QED) is 0.159. The number of benzene rings is 8. The third kappa shape index (κ3) is 6.96. The molecule has 8 aromatic carbocycles. The van der Waals surface area contributed by atoms with E-state index in [1.807, 2.05) is 152 Å². The first-order valence-corrected chi connectivity index (χ1v) is 22.6. The average molecular weight is 909 g/mol. The first-order chi connectivity index (χ1) is 34.3. The first kappa shape index (κ1) is 41.8. The average Bonchev–Trinajstić information content (AvgIpc) is 3.92. The number of hydrogen-bond acceptors (Lipinski definition) is 4. The van der Waals surface area contributed by atoms with Gasteiger partial charge in [-0.1, -0.05) is 140 Å². The van der Waals surface area contributed by atoms with Gasteiger partial charge in [-0.05, 0) is 71.8 Å². The number of para-hydroxylation sites is 2. The second kappa shape index (κ2) is 16.6. The van der Waals surface area contributed by atoms with E-state index in [1.54, 1.807) is 12.1 Å². The Morgan fingerprint density at radius 3 is 1.31 bits per heavy atom. The molecule has 12 aromatic rings. The van der Waals surface area contributed by atoms with Gasteiger partial charge in [-0.3, -0.25) is 9.97 Å². The third-order valence-electron chi connectivity index (χ3n) is 13.2. The molecule has 0 radical (unpaired) electrons. The van der Waals surface area contributed by atoms with Crippen LogP contribution < -0.4 is 0 Å². The molecule has 4 aromatic heterocycles. The summed E-state index contributed by atoms with van der Waals surface area (Å²) in [6.07, 6.45) is -1.13. The molecule has 0 N–H and O–H groups in total. The standard InChI is InChI=1S/C61H35F3N6/c62-61(63,64)51-19-11-16-42(34-65)60(51)50-33-59(70-55-21-10-8-18-47(55)49-27-23-41(31-57(49)70)44-25-29-53(68-37-44)39-14-5-2-6-15-39)58(32-45(50)35-66)69-54-20-9-7-17-46(54)48-26-22-40(30-56(48)69)43-24-28-52(67-36-43)38-12-3-1-4-13-38/h1-33,36-37H. The van der Waals surface area contributed by atoms with Crippen molar-refractivity contribution in [3.05, 3.63) is 229 Å². The molecule has 330 valence electrons. The van der Waals surface area contributed by atoms with E-state index in [-0.39, 0.29) is 22.3 Å². The Kier molecular flexibility index (Phi) is 9.94. The lowest BCUT2D eigenvalue weighted by Gasteiger charge is -2.21. The minimum atomic E-state index is -4.84. The molecule has 0 unspecified atom stereocenters. The molecule has 9 heteroatoms. The van der Waals surface area contributed by atoms with Crippen molar-refractivity contribution in [3.8, 4) is 79.4 Å².